The summed E-state index contributed by atoms with van der Waals surface area (Å²) in [5.41, 5.74) is -0.782. The molecule has 0 aromatic heterocycles. The molecule has 0 unspecified atom stereocenters. The van der Waals surface area contributed by atoms with Crippen molar-refractivity contribution in [3.8, 4) is 0 Å². The van der Waals surface area contributed by atoms with Crippen LogP contribution in [0.15, 0.2) is 5.28 Å². The summed E-state index contributed by atoms with van der Waals surface area (Å²) in [4.78, 5) is 25.6. The van der Waals surface area contributed by atoms with Gasteiger partial charge in [0.05, 0.1) is 17.6 Å². The molecule has 10 heteroatoms. The van der Waals surface area contributed by atoms with Gasteiger partial charge in [-0.2, -0.15) is 0 Å². The minimum atomic E-state index is -1.20. The lowest BCUT2D eigenvalue weighted by molar-refractivity contribution is -0.724. The molecule has 0 aliphatic heterocycles. The van der Waals surface area contributed by atoms with Crippen LogP contribution in [0.4, 0.5) is 4.79 Å². The zero-order valence-corrected chi connectivity index (χ0v) is 11.2. The zero-order chi connectivity index (χ0) is 15.1. The Hall–Kier alpha value is -2.26. The molecule has 0 heterocycles. The Balaban J connectivity index is 4.50. The number of hydrogen-bond acceptors (Lipinski definition) is 7. The van der Waals surface area contributed by atoms with Gasteiger partial charge in [0.15, 0.2) is 6.54 Å². The fourth-order valence-electron chi connectivity index (χ4n) is 0.933. The molecule has 0 saturated carbocycles. The lowest BCUT2D eigenvalue weighted by Gasteiger charge is -2.28. The number of rotatable bonds is 6. The monoisotopic (exact) mass is 279 g/mol. The number of carboxylic acid groups (broad SMARTS) is 1. The van der Waals surface area contributed by atoms with E-state index < -0.39 is 31.0 Å². The number of ether oxygens (including phenoxy) is 2. The SMILES string of the molecule is COC(=O)OCON=[N+]([O-])N(CC(=O)O)C(C)(C)C. The number of carbonyl (C=O) groups excluding carboxylic acids is 1. The van der Waals surface area contributed by atoms with Crippen LogP contribution in [0.2, 0.25) is 0 Å². The first kappa shape index (κ1) is 16.7. The van der Waals surface area contributed by atoms with E-state index in [0.717, 1.165) is 12.1 Å². The molecule has 0 radical (unpaired) electrons. The van der Waals surface area contributed by atoms with Crippen molar-refractivity contribution in [1.29, 1.82) is 0 Å². The van der Waals surface area contributed by atoms with Gasteiger partial charge in [-0.1, -0.05) is 0 Å². The van der Waals surface area contributed by atoms with E-state index in [2.05, 4.69) is 19.6 Å². The fourth-order valence-corrected chi connectivity index (χ4v) is 0.933. The van der Waals surface area contributed by atoms with Gasteiger partial charge < -0.3 is 24.6 Å². The Bertz CT molecular complexity index is 350. The molecule has 1 N–H and O–H groups in total. The number of methoxy groups -OCH3 is 1. The normalized spacial score (nSPS) is 11.7. The lowest BCUT2D eigenvalue weighted by atomic mass is 10.1. The molecular formula is C9H17N3O7. The summed E-state index contributed by atoms with van der Waals surface area (Å²) in [7, 11) is 1.10. The second kappa shape index (κ2) is 7.24. The van der Waals surface area contributed by atoms with Crippen molar-refractivity contribution in [1.82, 2.24) is 5.01 Å². The highest BCUT2D eigenvalue weighted by atomic mass is 16.8. The van der Waals surface area contributed by atoms with Gasteiger partial charge in [-0.25, -0.2) is 4.79 Å². The third kappa shape index (κ3) is 6.91. The standard InChI is InChI=1S/C9H17N3O7/c1-9(2,3)11(5-7(13)14)12(16)10-19-6-18-8(15)17-4/h5-6H2,1-4H3,(H,13,14). The predicted molar refractivity (Wildman–Crippen MR) is 59.6 cm³/mol. The third-order valence-electron chi connectivity index (χ3n) is 1.79. The molecule has 19 heavy (non-hydrogen) atoms. The number of hydrogen-bond donors (Lipinski definition) is 1. The van der Waals surface area contributed by atoms with Gasteiger partial charge in [0, 0.05) is 0 Å². The van der Waals surface area contributed by atoms with Crippen molar-refractivity contribution in [2.24, 2.45) is 5.28 Å². The van der Waals surface area contributed by atoms with Crippen molar-refractivity contribution in [3.05, 3.63) is 5.21 Å². The number of carboxylic acids is 1. The van der Waals surface area contributed by atoms with Crippen LogP contribution < -0.4 is 0 Å². The molecule has 110 valence electrons. The van der Waals surface area contributed by atoms with Crippen LogP contribution >= 0.6 is 0 Å². The average molecular weight is 279 g/mol. The van der Waals surface area contributed by atoms with Gasteiger partial charge in [0.2, 0.25) is 5.28 Å². The van der Waals surface area contributed by atoms with Gasteiger partial charge in [-0.15, -0.1) is 5.01 Å². The lowest BCUT2D eigenvalue weighted by Crippen LogP contribution is -2.48. The average Bonchev–Trinajstić information content (AvgIpc) is 2.29. The molecule has 0 aliphatic carbocycles. The summed E-state index contributed by atoms with van der Waals surface area (Å²) in [6, 6.07) is 0. The van der Waals surface area contributed by atoms with Gasteiger partial charge in [-0.05, 0) is 20.8 Å². The summed E-state index contributed by atoms with van der Waals surface area (Å²) in [6.45, 7) is 3.69. The molecule has 0 fully saturated rings. The highest BCUT2D eigenvalue weighted by Crippen LogP contribution is 2.13. The summed E-state index contributed by atoms with van der Waals surface area (Å²) in [5, 5.41) is 24.2. The van der Waals surface area contributed by atoms with Crippen LogP contribution in [0.1, 0.15) is 20.8 Å². The molecular weight excluding hydrogens is 262 g/mol. The zero-order valence-electron chi connectivity index (χ0n) is 11.2. The summed E-state index contributed by atoms with van der Waals surface area (Å²) >= 11 is 0. The van der Waals surface area contributed by atoms with E-state index in [1.165, 1.54) is 0 Å². The van der Waals surface area contributed by atoms with Crippen LogP contribution in [-0.4, -0.2) is 53.2 Å². The van der Waals surface area contributed by atoms with Gasteiger partial charge in [0.25, 0.3) is 6.79 Å². The van der Waals surface area contributed by atoms with Crippen LogP contribution in [0.5, 0.6) is 0 Å². The largest absolute Gasteiger partial charge is 0.569 e. The van der Waals surface area contributed by atoms with Crippen LogP contribution in [0.25, 0.3) is 0 Å². The first-order chi connectivity index (χ1) is 8.68. The Morgan fingerprint density at radius 1 is 1.42 bits per heavy atom. The molecule has 0 amide bonds. The van der Waals surface area contributed by atoms with Crippen LogP contribution in [0.3, 0.4) is 0 Å². The van der Waals surface area contributed by atoms with Crippen molar-refractivity contribution >= 4 is 12.1 Å². The van der Waals surface area contributed by atoms with Crippen molar-refractivity contribution in [2.45, 2.75) is 26.3 Å². The van der Waals surface area contributed by atoms with E-state index in [1.807, 2.05) is 0 Å². The number of carbonyl (C=O) groups is 2. The van der Waals surface area contributed by atoms with E-state index in [4.69, 9.17) is 5.11 Å². The minimum absolute atomic E-state index is 0.0191. The molecule has 0 rings (SSSR count). The van der Waals surface area contributed by atoms with Crippen molar-refractivity contribution < 1.29 is 34.0 Å². The molecule has 10 nitrogen and oxygen atoms in total. The maximum absolute atomic E-state index is 11.6. The van der Waals surface area contributed by atoms with Gasteiger partial charge >= 0.3 is 12.1 Å². The molecule has 0 aromatic rings. The maximum atomic E-state index is 11.6. The number of hydrazine groups is 1. The molecule has 0 aromatic carbocycles. The number of nitrogens with zero attached hydrogens (tertiary/aromatic N) is 3. The highest BCUT2D eigenvalue weighted by Gasteiger charge is 2.31. The summed E-state index contributed by atoms with van der Waals surface area (Å²) in [6.07, 6.45) is -0.995. The minimum Gasteiger partial charge on any atom is -0.569 e. The van der Waals surface area contributed by atoms with E-state index in [-0.39, 0.29) is 4.97 Å². The summed E-state index contributed by atoms with van der Waals surface area (Å²) in [5.74, 6) is -1.20. The molecule has 0 atom stereocenters. The third-order valence-corrected chi connectivity index (χ3v) is 1.79. The molecule has 0 aliphatic rings. The van der Waals surface area contributed by atoms with E-state index in [0.29, 0.717) is 0 Å². The second-order valence-corrected chi connectivity index (χ2v) is 4.30. The topological polar surface area (TPSA) is 124 Å². The fraction of sp³-hybridized carbons (Fsp3) is 0.778. The van der Waals surface area contributed by atoms with E-state index in [9.17, 15) is 14.8 Å². The van der Waals surface area contributed by atoms with Gasteiger partial charge in [-0.3, -0.25) is 4.79 Å². The first-order valence-electron chi connectivity index (χ1n) is 5.18. The van der Waals surface area contributed by atoms with Crippen LogP contribution in [-0.2, 0) is 19.1 Å². The van der Waals surface area contributed by atoms with Crippen molar-refractivity contribution in [2.75, 3.05) is 20.4 Å². The van der Waals surface area contributed by atoms with Crippen LogP contribution in [0, 0.1) is 5.21 Å². The van der Waals surface area contributed by atoms with Crippen molar-refractivity contribution in [3.63, 3.8) is 0 Å². The smallest absolute Gasteiger partial charge is 0.510 e. The second-order valence-electron chi connectivity index (χ2n) is 4.30. The quantitative estimate of drug-likeness (QED) is 0.188. The van der Waals surface area contributed by atoms with E-state index >= 15 is 0 Å². The highest BCUT2D eigenvalue weighted by molar-refractivity contribution is 5.68. The Morgan fingerprint density at radius 2 is 2.00 bits per heavy atom. The number of aliphatic carboxylic acids is 1. The summed E-state index contributed by atoms with van der Waals surface area (Å²) < 4.78 is 8.46. The molecule has 0 saturated heterocycles. The maximum Gasteiger partial charge on any atom is 0.510 e. The predicted octanol–water partition coefficient (Wildman–Crippen LogP) is 0.721. The Kier molecular flexibility index (Phi) is 6.38. The Labute approximate surface area is 109 Å². The Morgan fingerprint density at radius 3 is 2.42 bits per heavy atom. The molecule has 0 spiro atoms. The van der Waals surface area contributed by atoms with Gasteiger partial charge in [0.1, 0.15) is 0 Å². The first-order valence-corrected chi connectivity index (χ1v) is 5.18. The molecule has 0 bridgehead atoms. The van der Waals surface area contributed by atoms with E-state index in [1.54, 1.807) is 20.8 Å².